The third-order valence-electron chi connectivity index (χ3n) is 7.87. The van der Waals surface area contributed by atoms with E-state index in [1.54, 1.807) is 30.0 Å². The average Bonchev–Trinajstić information content (AvgIpc) is 2.95. The SMILES string of the molecule is C[C@@H]1CN([C@@H](C)CO)C(=O)c2cc(NC(=O)C3CCCCC3)ccc2O[C@H]1CN(C)S(=O)(=O)c1ccc(Cl)cc1. The molecule has 2 aliphatic rings. The van der Waals surface area contributed by atoms with E-state index in [2.05, 4.69) is 5.32 Å². The lowest BCUT2D eigenvalue weighted by Gasteiger charge is -2.38. The molecule has 1 saturated carbocycles. The van der Waals surface area contributed by atoms with Crippen LogP contribution in [0.5, 0.6) is 5.75 Å². The van der Waals surface area contributed by atoms with Crippen molar-refractivity contribution in [2.75, 3.05) is 32.1 Å². The van der Waals surface area contributed by atoms with Crippen molar-refractivity contribution in [2.45, 2.75) is 63.0 Å². The molecule has 9 nitrogen and oxygen atoms in total. The molecule has 2 aromatic carbocycles. The summed E-state index contributed by atoms with van der Waals surface area (Å²) in [6.45, 7) is 3.69. The maximum atomic E-state index is 13.7. The molecule has 0 bridgehead atoms. The minimum atomic E-state index is -3.83. The Balaban J connectivity index is 1.62. The number of anilines is 1. The molecule has 2 aromatic rings. The van der Waals surface area contributed by atoms with E-state index in [1.807, 2.05) is 6.92 Å². The molecule has 4 rings (SSSR count). The van der Waals surface area contributed by atoms with Crippen molar-refractivity contribution < 1.29 is 27.9 Å². The Morgan fingerprint density at radius 2 is 1.85 bits per heavy atom. The number of sulfonamides is 1. The summed E-state index contributed by atoms with van der Waals surface area (Å²) < 4.78 is 34.1. The Morgan fingerprint density at radius 1 is 1.18 bits per heavy atom. The third-order valence-corrected chi connectivity index (χ3v) is 9.96. The molecule has 218 valence electrons. The lowest BCUT2D eigenvalue weighted by molar-refractivity contribution is -0.120. The van der Waals surface area contributed by atoms with Gasteiger partial charge in [0.25, 0.3) is 5.91 Å². The molecule has 1 heterocycles. The molecule has 0 aromatic heterocycles. The molecule has 0 spiro atoms. The highest BCUT2D eigenvalue weighted by atomic mass is 35.5. The van der Waals surface area contributed by atoms with Crippen LogP contribution in [0.2, 0.25) is 5.02 Å². The summed E-state index contributed by atoms with van der Waals surface area (Å²) >= 11 is 5.94. The predicted octanol–water partition coefficient (Wildman–Crippen LogP) is 4.40. The molecular formula is C29H38ClN3O6S. The third kappa shape index (κ3) is 6.79. The van der Waals surface area contributed by atoms with Gasteiger partial charge in [0, 0.05) is 36.1 Å². The van der Waals surface area contributed by atoms with Crippen LogP contribution < -0.4 is 10.1 Å². The maximum absolute atomic E-state index is 13.7. The first kappa shape index (κ1) is 30.3. The van der Waals surface area contributed by atoms with Crippen molar-refractivity contribution >= 4 is 39.1 Å². The standard InChI is InChI=1S/C29H38ClN3O6S/c1-19-16-33(20(2)18-34)29(36)25-15-23(31-28(35)21-7-5-4-6-8-21)11-14-26(25)39-27(19)17-32(3)40(37,38)24-12-9-22(30)10-13-24/h9-15,19-21,27,34H,4-8,16-18H2,1-3H3,(H,31,35)/t19-,20+,27+/m1/s1. The number of carbonyl (C=O) groups is 2. The summed E-state index contributed by atoms with van der Waals surface area (Å²) in [4.78, 5) is 28.2. The molecule has 1 aliphatic carbocycles. The van der Waals surface area contributed by atoms with Crippen LogP contribution in [-0.2, 0) is 14.8 Å². The Hall–Kier alpha value is -2.66. The fraction of sp³-hybridized carbons (Fsp3) is 0.517. The molecular weight excluding hydrogens is 554 g/mol. The second-order valence-corrected chi connectivity index (χ2v) is 13.4. The van der Waals surface area contributed by atoms with Crippen LogP contribution in [0.4, 0.5) is 5.69 Å². The fourth-order valence-electron chi connectivity index (χ4n) is 5.27. The number of hydrogen-bond donors (Lipinski definition) is 2. The van der Waals surface area contributed by atoms with E-state index in [1.165, 1.54) is 35.6 Å². The van der Waals surface area contributed by atoms with Gasteiger partial charge in [-0.25, -0.2) is 8.42 Å². The first-order valence-electron chi connectivity index (χ1n) is 13.8. The Bertz CT molecular complexity index is 1310. The number of carbonyl (C=O) groups excluding carboxylic acids is 2. The second-order valence-electron chi connectivity index (χ2n) is 10.9. The van der Waals surface area contributed by atoms with E-state index in [0.717, 1.165) is 32.1 Å². The van der Waals surface area contributed by atoms with Crippen LogP contribution in [0.3, 0.4) is 0 Å². The fourth-order valence-corrected chi connectivity index (χ4v) is 6.57. The maximum Gasteiger partial charge on any atom is 0.258 e. The first-order chi connectivity index (χ1) is 19.0. The van der Waals surface area contributed by atoms with Crippen molar-refractivity contribution in [3.05, 3.63) is 53.1 Å². The van der Waals surface area contributed by atoms with E-state index < -0.39 is 22.2 Å². The van der Waals surface area contributed by atoms with Crippen LogP contribution in [0.1, 0.15) is 56.3 Å². The number of rotatable bonds is 8. The van der Waals surface area contributed by atoms with Crippen LogP contribution >= 0.6 is 11.6 Å². The monoisotopic (exact) mass is 591 g/mol. The predicted molar refractivity (Wildman–Crippen MR) is 154 cm³/mol. The molecule has 2 amide bonds. The van der Waals surface area contributed by atoms with Crippen LogP contribution in [0.15, 0.2) is 47.4 Å². The van der Waals surface area contributed by atoms with Gasteiger partial charge in [-0.15, -0.1) is 0 Å². The number of likely N-dealkylation sites (N-methyl/N-ethyl adjacent to an activating group) is 1. The lowest BCUT2D eigenvalue weighted by atomic mass is 9.88. The number of aliphatic hydroxyl groups is 1. The largest absolute Gasteiger partial charge is 0.488 e. The molecule has 11 heteroatoms. The molecule has 0 unspecified atom stereocenters. The summed E-state index contributed by atoms with van der Waals surface area (Å²) in [7, 11) is -2.34. The van der Waals surface area contributed by atoms with Gasteiger partial charge in [-0.1, -0.05) is 37.8 Å². The van der Waals surface area contributed by atoms with Crippen molar-refractivity contribution in [3.63, 3.8) is 0 Å². The summed E-state index contributed by atoms with van der Waals surface area (Å²) in [6, 6.07) is 10.4. The van der Waals surface area contributed by atoms with Gasteiger partial charge in [-0.05, 0) is 62.2 Å². The minimum Gasteiger partial charge on any atom is -0.488 e. The van der Waals surface area contributed by atoms with E-state index in [4.69, 9.17) is 16.3 Å². The zero-order valence-electron chi connectivity index (χ0n) is 23.2. The molecule has 0 saturated heterocycles. The molecule has 2 N–H and O–H groups in total. The Kier molecular flexibility index (Phi) is 9.76. The van der Waals surface area contributed by atoms with E-state index in [9.17, 15) is 23.1 Å². The van der Waals surface area contributed by atoms with Crippen molar-refractivity contribution in [2.24, 2.45) is 11.8 Å². The number of nitrogens with zero attached hydrogens (tertiary/aromatic N) is 2. The van der Waals surface area contributed by atoms with Gasteiger partial charge in [0.15, 0.2) is 0 Å². The van der Waals surface area contributed by atoms with E-state index in [-0.39, 0.29) is 53.8 Å². The number of ether oxygens (including phenoxy) is 1. The van der Waals surface area contributed by atoms with Crippen molar-refractivity contribution in [1.82, 2.24) is 9.21 Å². The first-order valence-corrected chi connectivity index (χ1v) is 15.6. The van der Waals surface area contributed by atoms with Crippen LogP contribution in [0, 0.1) is 11.8 Å². The Morgan fingerprint density at radius 3 is 2.50 bits per heavy atom. The quantitative estimate of drug-likeness (QED) is 0.470. The minimum absolute atomic E-state index is 0.0290. The molecule has 1 aliphatic heterocycles. The van der Waals surface area contributed by atoms with E-state index in [0.29, 0.717) is 16.5 Å². The molecule has 40 heavy (non-hydrogen) atoms. The number of amides is 2. The summed E-state index contributed by atoms with van der Waals surface area (Å²) in [5.41, 5.74) is 0.748. The van der Waals surface area contributed by atoms with Crippen molar-refractivity contribution in [1.29, 1.82) is 0 Å². The van der Waals surface area contributed by atoms with Crippen molar-refractivity contribution in [3.8, 4) is 5.75 Å². The van der Waals surface area contributed by atoms with Gasteiger partial charge in [-0.3, -0.25) is 9.59 Å². The Labute approximate surface area is 241 Å². The highest BCUT2D eigenvalue weighted by molar-refractivity contribution is 7.89. The smallest absolute Gasteiger partial charge is 0.258 e. The van der Waals surface area contributed by atoms with Gasteiger partial charge in [0.2, 0.25) is 15.9 Å². The highest BCUT2D eigenvalue weighted by Crippen LogP contribution is 2.32. The molecule has 3 atom stereocenters. The average molecular weight is 592 g/mol. The second kappa shape index (κ2) is 12.9. The number of halogens is 1. The van der Waals surface area contributed by atoms with Gasteiger partial charge in [0.1, 0.15) is 11.9 Å². The van der Waals surface area contributed by atoms with Gasteiger partial charge in [-0.2, -0.15) is 4.31 Å². The molecule has 0 radical (unpaired) electrons. The molecule has 1 fully saturated rings. The van der Waals surface area contributed by atoms with Crippen LogP contribution in [0.25, 0.3) is 0 Å². The van der Waals surface area contributed by atoms with Gasteiger partial charge in [0.05, 0.1) is 29.7 Å². The number of fused-ring (bicyclic) bond motifs is 1. The number of benzene rings is 2. The van der Waals surface area contributed by atoms with Crippen LogP contribution in [-0.4, -0.2) is 73.4 Å². The normalized spacial score (nSPS) is 21.2. The van der Waals surface area contributed by atoms with Gasteiger partial charge < -0.3 is 20.1 Å². The van der Waals surface area contributed by atoms with Gasteiger partial charge >= 0.3 is 0 Å². The zero-order valence-corrected chi connectivity index (χ0v) is 24.7. The topological polar surface area (TPSA) is 116 Å². The summed E-state index contributed by atoms with van der Waals surface area (Å²) in [5, 5.41) is 13.3. The summed E-state index contributed by atoms with van der Waals surface area (Å²) in [5.74, 6) is -0.390. The highest BCUT2D eigenvalue weighted by Gasteiger charge is 2.35. The zero-order chi connectivity index (χ0) is 29.0. The van der Waals surface area contributed by atoms with E-state index >= 15 is 0 Å². The lowest BCUT2D eigenvalue weighted by Crippen LogP contribution is -2.50. The number of nitrogens with one attached hydrogen (secondary N) is 1. The number of hydrogen-bond acceptors (Lipinski definition) is 6. The number of aliphatic hydroxyl groups excluding tert-OH is 1. The summed E-state index contributed by atoms with van der Waals surface area (Å²) in [6.07, 6.45) is 4.31.